The van der Waals surface area contributed by atoms with Crippen molar-refractivity contribution in [1.82, 2.24) is 4.90 Å². The second kappa shape index (κ2) is 3.82. The Labute approximate surface area is 56.5 Å². The third-order valence-corrected chi connectivity index (χ3v) is 1.16. The molecule has 0 saturated carbocycles. The first kappa shape index (κ1) is 8.88. The third kappa shape index (κ3) is 4.39. The fraction of sp³-hybridized carbons (Fsp3) is 1.00. The van der Waals surface area contributed by atoms with Crippen molar-refractivity contribution in [3.05, 3.63) is 0 Å². The van der Waals surface area contributed by atoms with E-state index in [1.807, 2.05) is 19.0 Å². The highest BCUT2D eigenvalue weighted by molar-refractivity contribution is 4.67. The standard InChI is InChI=1S/C6H16N2O/c1-5(7)6(9)4-8(2)3/h5-6,9H,4,7H2,1-3H3. The molecule has 0 aromatic rings. The summed E-state index contributed by atoms with van der Waals surface area (Å²) in [5, 5.41) is 9.13. The first-order valence-corrected chi connectivity index (χ1v) is 3.12. The van der Waals surface area contributed by atoms with E-state index in [9.17, 15) is 0 Å². The van der Waals surface area contributed by atoms with Crippen LogP contribution in [0.15, 0.2) is 0 Å². The molecular formula is C6H16N2O. The predicted octanol–water partition coefficient (Wildman–Crippen LogP) is -0.744. The highest BCUT2D eigenvalue weighted by Gasteiger charge is 2.08. The Hall–Kier alpha value is -0.120. The van der Waals surface area contributed by atoms with Gasteiger partial charge in [0.05, 0.1) is 6.10 Å². The third-order valence-electron chi connectivity index (χ3n) is 1.16. The van der Waals surface area contributed by atoms with Crippen LogP contribution in [0.25, 0.3) is 0 Å². The fourth-order valence-corrected chi connectivity index (χ4v) is 0.540. The van der Waals surface area contributed by atoms with Crippen molar-refractivity contribution in [3.63, 3.8) is 0 Å². The lowest BCUT2D eigenvalue weighted by atomic mass is 10.2. The molecular weight excluding hydrogens is 116 g/mol. The van der Waals surface area contributed by atoms with Crippen molar-refractivity contribution < 1.29 is 5.11 Å². The lowest BCUT2D eigenvalue weighted by molar-refractivity contribution is 0.117. The highest BCUT2D eigenvalue weighted by atomic mass is 16.3. The first-order valence-electron chi connectivity index (χ1n) is 3.12. The minimum Gasteiger partial charge on any atom is -0.390 e. The molecule has 0 spiro atoms. The Morgan fingerprint density at radius 1 is 1.56 bits per heavy atom. The first-order chi connectivity index (χ1) is 4.04. The average molecular weight is 132 g/mol. The summed E-state index contributed by atoms with van der Waals surface area (Å²) in [5.74, 6) is 0. The maximum Gasteiger partial charge on any atom is 0.0814 e. The Kier molecular flexibility index (Phi) is 3.77. The van der Waals surface area contributed by atoms with E-state index < -0.39 is 6.10 Å². The van der Waals surface area contributed by atoms with Crippen LogP contribution in [0.3, 0.4) is 0 Å². The second-order valence-electron chi connectivity index (χ2n) is 2.69. The van der Waals surface area contributed by atoms with Crippen molar-refractivity contribution >= 4 is 0 Å². The van der Waals surface area contributed by atoms with Gasteiger partial charge < -0.3 is 15.7 Å². The van der Waals surface area contributed by atoms with E-state index in [0.29, 0.717) is 6.54 Å². The van der Waals surface area contributed by atoms with Crippen molar-refractivity contribution in [1.29, 1.82) is 0 Å². The topological polar surface area (TPSA) is 49.5 Å². The largest absolute Gasteiger partial charge is 0.390 e. The van der Waals surface area contributed by atoms with Crippen LogP contribution in [-0.2, 0) is 0 Å². The van der Waals surface area contributed by atoms with Gasteiger partial charge in [0.1, 0.15) is 0 Å². The summed E-state index contributed by atoms with van der Waals surface area (Å²) in [6.07, 6.45) is -0.403. The number of hydrogen-bond acceptors (Lipinski definition) is 3. The van der Waals surface area contributed by atoms with Crippen LogP contribution >= 0.6 is 0 Å². The molecule has 0 fully saturated rings. The maximum absolute atomic E-state index is 9.13. The number of aliphatic hydroxyl groups excluding tert-OH is 1. The molecule has 0 aromatic heterocycles. The van der Waals surface area contributed by atoms with Crippen LogP contribution in [0.5, 0.6) is 0 Å². The van der Waals surface area contributed by atoms with Gasteiger partial charge in [-0.15, -0.1) is 0 Å². The SMILES string of the molecule is CC(N)C(O)CN(C)C. The van der Waals surface area contributed by atoms with Crippen molar-refractivity contribution in [3.8, 4) is 0 Å². The number of nitrogens with two attached hydrogens (primary N) is 1. The average Bonchev–Trinajstić information content (AvgIpc) is 1.63. The fourth-order valence-electron chi connectivity index (χ4n) is 0.540. The zero-order valence-electron chi connectivity index (χ0n) is 6.33. The summed E-state index contributed by atoms with van der Waals surface area (Å²) in [4.78, 5) is 1.91. The summed E-state index contributed by atoms with van der Waals surface area (Å²) < 4.78 is 0. The molecule has 9 heavy (non-hydrogen) atoms. The molecule has 0 radical (unpaired) electrons. The summed E-state index contributed by atoms with van der Waals surface area (Å²) in [7, 11) is 3.82. The van der Waals surface area contributed by atoms with Crippen LogP contribution in [0.1, 0.15) is 6.92 Å². The van der Waals surface area contributed by atoms with Crippen LogP contribution in [-0.4, -0.2) is 42.8 Å². The zero-order valence-corrected chi connectivity index (χ0v) is 6.33. The highest BCUT2D eigenvalue weighted by Crippen LogP contribution is 1.89. The molecule has 3 N–H and O–H groups in total. The molecule has 0 saturated heterocycles. The molecule has 3 heteroatoms. The molecule has 0 aliphatic heterocycles. The monoisotopic (exact) mass is 132 g/mol. The van der Waals surface area contributed by atoms with Crippen LogP contribution in [0.4, 0.5) is 0 Å². The summed E-state index contributed by atoms with van der Waals surface area (Å²) in [5.41, 5.74) is 5.41. The van der Waals surface area contributed by atoms with E-state index in [0.717, 1.165) is 0 Å². The van der Waals surface area contributed by atoms with Gasteiger partial charge in [-0.1, -0.05) is 0 Å². The van der Waals surface area contributed by atoms with Crippen molar-refractivity contribution in [2.75, 3.05) is 20.6 Å². The normalized spacial score (nSPS) is 18.0. The molecule has 2 unspecified atom stereocenters. The molecule has 0 bridgehead atoms. The van der Waals surface area contributed by atoms with Gasteiger partial charge in [0.2, 0.25) is 0 Å². The minimum atomic E-state index is -0.403. The Morgan fingerprint density at radius 3 is 2.11 bits per heavy atom. The Bertz CT molecular complexity index is 73.5. The zero-order chi connectivity index (χ0) is 7.44. The lowest BCUT2D eigenvalue weighted by Gasteiger charge is -2.18. The van der Waals surface area contributed by atoms with E-state index >= 15 is 0 Å². The predicted molar refractivity (Wildman–Crippen MR) is 38.2 cm³/mol. The van der Waals surface area contributed by atoms with Gasteiger partial charge in [-0.3, -0.25) is 0 Å². The molecule has 2 atom stereocenters. The van der Waals surface area contributed by atoms with Gasteiger partial charge in [0, 0.05) is 12.6 Å². The molecule has 56 valence electrons. The minimum absolute atomic E-state index is 0.132. The molecule has 0 heterocycles. The van der Waals surface area contributed by atoms with Gasteiger partial charge in [-0.05, 0) is 21.0 Å². The molecule has 0 aromatic carbocycles. The van der Waals surface area contributed by atoms with E-state index in [2.05, 4.69) is 0 Å². The number of hydrogen-bond donors (Lipinski definition) is 2. The quantitative estimate of drug-likeness (QED) is 0.531. The van der Waals surface area contributed by atoms with Crippen LogP contribution in [0, 0.1) is 0 Å². The lowest BCUT2D eigenvalue weighted by Crippen LogP contribution is -2.39. The molecule has 0 aliphatic carbocycles. The number of nitrogens with zero attached hydrogens (tertiary/aromatic N) is 1. The van der Waals surface area contributed by atoms with Gasteiger partial charge in [-0.2, -0.15) is 0 Å². The van der Waals surface area contributed by atoms with Gasteiger partial charge in [0.25, 0.3) is 0 Å². The van der Waals surface area contributed by atoms with E-state index in [1.54, 1.807) is 6.92 Å². The Balaban J connectivity index is 3.38. The van der Waals surface area contributed by atoms with Crippen LogP contribution < -0.4 is 5.73 Å². The molecule has 0 amide bonds. The summed E-state index contributed by atoms with van der Waals surface area (Å²) in [6.45, 7) is 2.44. The molecule has 0 rings (SSSR count). The van der Waals surface area contributed by atoms with Gasteiger partial charge in [0.15, 0.2) is 0 Å². The number of likely N-dealkylation sites (N-methyl/N-ethyl adjacent to an activating group) is 1. The van der Waals surface area contributed by atoms with E-state index in [4.69, 9.17) is 10.8 Å². The van der Waals surface area contributed by atoms with Crippen molar-refractivity contribution in [2.24, 2.45) is 5.73 Å². The maximum atomic E-state index is 9.13. The molecule has 3 nitrogen and oxygen atoms in total. The number of rotatable bonds is 3. The van der Waals surface area contributed by atoms with Gasteiger partial charge in [-0.25, -0.2) is 0 Å². The van der Waals surface area contributed by atoms with Crippen molar-refractivity contribution in [2.45, 2.75) is 19.1 Å². The molecule has 0 aliphatic rings. The van der Waals surface area contributed by atoms with E-state index in [1.165, 1.54) is 0 Å². The summed E-state index contributed by atoms with van der Waals surface area (Å²) >= 11 is 0. The smallest absolute Gasteiger partial charge is 0.0814 e. The number of aliphatic hydroxyl groups is 1. The Morgan fingerprint density at radius 2 is 2.00 bits per heavy atom. The summed E-state index contributed by atoms with van der Waals surface area (Å²) in [6, 6.07) is -0.132. The van der Waals surface area contributed by atoms with Gasteiger partial charge >= 0.3 is 0 Å². The van der Waals surface area contributed by atoms with E-state index in [-0.39, 0.29) is 6.04 Å². The second-order valence-corrected chi connectivity index (χ2v) is 2.69. The van der Waals surface area contributed by atoms with Crippen LogP contribution in [0.2, 0.25) is 0 Å².